The minimum Gasteiger partial charge on any atom is -0.393 e. The Hall–Kier alpha value is -0.0400. The van der Waals surface area contributed by atoms with Crippen LogP contribution in [0.25, 0.3) is 0 Å². The van der Waals surface area contributed by atoms with Crippen molar-refractivity contribution in [3.8, 4) is 0 Å². The Morgan fingerprint density at radius 1 is 1.42 bits per heavy atom. The first kappa shape index (κ1) is 10.0. The van der Waals surface area contributed by atoms with Crippen LogP contribution in [0.1, 0.15) is 52.4 Å². The van der Waals surface area contributed by atoms with Gasteiger partial charge in [0.2, 0.25) is 0 Å². The molecule has 0 saturated heterocycles. The molecule has 1 heteroatoms. The molecule has 1 fully saturated rings. The third-order valence-corrected chi connectivity index (χ3v) is 3.28. The molecule has 1 nitrogen and oxygen atoms in total. The second-order valence-corrected chi connectivity index (χ2v) is 4.28. The quantitative estimate of drug-likeness (QED) is 0.687. The summed E-state index contributed by atoms with van der Waals surface area (Å²) < 4.78 is 0. The van der Waals surface area contributed by atoms with Gasteiger partial charge in [0.15, 0.2) is 0 Å². The summed E-state index contributed by atoms with van der Waals surface area (Å²) in [5.41, 5.74) is 0. The SMILES string of the molecule is CCCCC(O)C1CCCC1C. The predicted octanol–water partition coefficient (Wildman–Crippen LogP) is 2.97. The number of rotatable bonds is 4. The largest absolute Gasteiger partial charge is 0.393 e. The molecule has 1 rings (SSSR count). The van der Waals surface area contributed by atoms with Crippen molar-refractivity contribution in [1.82, 2.24) is 0 Å². The Labute approximate surface area is 76.2 Å². The van der Waals surface area contributed by atoms with Crippen LogP contribution in [-0.2, 0) is 0 Å². The fourth-order valence-electron chi connectivity index (χ4n) is 2.37. The first-order chi connectivity index (χ1) is 5.75. The van der Waals surface area contributed by atoms with Crippen molar-refractivity contribution < 1.29 is 5.11 Å². The Balaban J connectivity index is 2.25. The lowest BCUT2D eigenvalue weighted by Gasteiger charge is -2.21. The highest BCUT2D eigenvalue weighted by atomic mass is 16.3. The van der Waals surface area contributed by atoms with E-state index in [2.05, 4.69) is 13.8 Å². The third kappa shape index (κ3) is 2.48. The third-order valence-electron chi connectivity index (χ3n) is 3.28. The average Bonchev–Trinajstić information content (AvgIpc) is 2.47. The van der Waals surface area contributed by atoms with Crippen LogP contribution in [0.2, 0.25) is 0 Å². The van der Waals surface area contributed by atoms with E-state index in [1.807, 2.05) is 0 Å². The van der Waals surface area contributed by atoms with Crippen molar-refractivity contribution >= 4 is 0 Å². The number of hydrogen-bond donors (Lipinski definition) is 1. The standard InChI is InChI=1S/C11H22O/c1-3-4-8-11(12)10-7-5-6-9(10)2/h9-12H,3-8H2,1-2H3. The molecule has 0 aromatic carbocycles. The Morgan fingerprint density at radius 2 is 2.17 bits per heavy atom. The minimum atomic E-state index is -0.0116. The molecule has 3 atom stereocenters. The van der Waals surface area contributed by atoms with E-state index in [1.165, 1.54) is 32.1 Å². The van der Waals surface area contributed by atoms with Crippen molar-refractivity contribution in [1.29, 1.82) is 0 Å². The van der Waals surface area contributed by atoms with Gasteiger partial charge in [0.1, 0.15) is 0 Å². The monoisotopic (exact) mass is 170 g/mol. The molecule has 0 heterocycles. The van der Waals surface area contributed by atoms with Gasteiger partial charge in [0.05, 0.1) is 6.10 Å². The molecule has 1 saturated carbocycles. The van der Waals surface area contributed by atoms with Gasteiger partial charge in [-0.25, -0.2) is 0 Å². The van der Waals surface area contributed by atoms with E-state index in [4.69, 9.17) is 0 Å². The molecule has 0 aromatic heterocycles. The molecule has 0 aliphatic heterocycles. The zero-order valence-electron chi connectivity index (χ0n) is 8.42. The summed E-state index contributed by atoms with van der Waals surface area (Å²) >= 11 is 0. The lowest BCUT2D eigenvalue weighted by molar-refractivity contribution is 0.0799. The molecule has 1 aliphatic carbocycles. The highest BCUT2D eigenvalue weighted by molar-refractivity contribution is 4.79. The number of unbranched alkanes of at least 4 members (excludes halogenated alkanes) is 1. The van der Waals surface area contributed by atoms with Crippen LogP contribution in [0, 0.1) is 11.8 Å². The number of aliphatic hydroxyl groups is 1. The van der Waals surface area contributed by atoms with E-state index >= 15 is 0 Å². The first-order valence-corrected chi connectivity index (χ1v) is 5.43. The van der Waals surface area contributed by atoms with Crippen LogP contribution >= 0.6 is 0 Å². The first-order valence-electron chi connectivity index (χ1n) is 5.43. The van der Waals surface area contributed by atoms with Gasteiger partial charge in [-0.1, -0.05) is 39.5 Å². The van der Waals surface area contributed by atoms with E-state index in [0.29, 0.717) is 5.92 Å². The maximum atomic E-state index is 9.85. The topological polar surface area (TPSA) is 20.2 Å². The van der Waals surface area contributed by atoms with E-state index in [1.54, 1.807) is 0 Å². The predicted molar refractivity (Wildman–Crippen MR) is 52.0 cm³/mol. The fraction of sp³-hybridized carbons (Fsp3) is 1.00. The molecule has 0 bridgehead atoms. The highest BCUT2D eigenvalue weighted by Crippen LogP contribution is 2.34. The van der Waals surface area contributed by atoms with Crippen LogP contribution in [-0.4, -0.2) is 11.2 Å². The van der Waals surface area contributed by atoms with E-state index in [-0.39, 0.29) is 6.10 Å². The van der Waals surface area contributed by atoms with Crippen LogP contribution in [0.5, 0.6) is 0 Å². The molecule has 0 radical (unpaired) electrons. The van der Waals surface area contributed by atoms with Gasteiger partial charge in [-0.3, -0.25) is 0 Å². The van der Waals surface area contributed by atoms with Crippen molar-refractivity contribution in [2.75, 3.05) is 0 Å². The molecule has 12 heavy (non-hydrogen) atoms. The van der Waals surface area contributed by atoms with Crippen LogP contribution in [0.3, 0.4) is 0 Å². The zero-order chi connectivity index (χ0) is 8.97. The molecule has 0 aromatic rings. The van der Waals surface area contributed by atoms with Crippen LogP contribution < -0.4 is 0 Å². The summed E-state index contributed by atoms with van der Waals surface area (Å²) in [6.07, 6.45) is 7.31. The van der Waals surface area contributed by atoms with Crippen LogP contribution in [0.4, 0.5) is 0 Å². The van der Waals surface area contributed by atoms with Gasteiger partial charge in [-0.15, -0.1) is 0 Å². The van der Waals surface area contributed by atoms with E-state index < -0.39 is 0 Å². The molecular formula is C11H22O. The van der Waals surface area contributed by atoms with Gasteiger partial charge < -0.3 is 5.11 Å². The molecular weight excluding hydrogens is 148 g/mol. The van der Waals surface area contributed by atoms with Gasteiger partial charge in [-0.05, 0) is 24.7 Å². The minimum absolute atomic E-state index is 0.0116. The van der Waals surface area contributed by atoms with Crippen molar-refractivity contribution in [2.45, 2.75) is 58.5 Å². The van der Waals surface area contributed by atoms with Crippen LogP contribution in [0.15, 0.2) is 0 Å². The summed E-state index contributed by atoms with van der Waals surface area (Å²) in [6.45, 7) is 4.47. The van der Waals surface area contributed by atoms with Crippen molar-refractivity contribution in [3.63, 3.8) is 0 Å². The second kappa shape index (κ2) is 4.86. The highest BCUT2D eigenvalue weighted by Gasteiger charge is 2.28. The summed E-state index contributed by atoms with van der Waals surface area (Å²) in [7, 11) is 0. The number of aliphatic hydroxyl groups excluding tert-OH is 1. The summed E-state index contributed by atoms with van der Waals surface area (Å²) in [5, 5.41) is 9.85. The molecule has 3 unspecified atom stereocenters. The van der Waals surface area contributed by atoms with Crippen molar-refractivity contribution in [3.05, 3.63) is 0 Å². The molecule has 1 aliphatic rings. The molecule has 0 spiro atoms. The summed E-state index contributed by atoms with van der Waals surface area (Å²) in [5.74, 6) is 1.37. The summed E-state index contributed by atoms with van der Waals surface area (Å²) in [6, 6.07) is 0. The summed E-state index contributed by atoms with van der Waals surface area (Å²) in [4.78, 5) is 0. The normalized spacial score (nSPS) is 32.2. The van der Waals surface area contributed by atoms with E-state index in [9.17, 15) is 5.11 Å². The smallest absolute Gasteiger partial charge is 0.0570 e. The lowest BCUT2D eigenvalue weighted by atomic mass is 9.89. The van der Waals surface area contributed by atoms with Gasteiger partial charge in [0, 0.05) is 0 Å². The van der Waals surface area contributed by atoms with Gasteiger partial charge in [0.25, 0.3) is 0 Å². The maximum Gasteiger partial charge on any atom is 0.0570 e. The Kier molecular flexibility index (Phi) is 4.07. The second-order valence-electron chi connectivity index (χ2n) is 4.28. The zero-order valence-corrected chi connectivity index (χ0v) is 8.42. The Morgan fingerprint density at radius 3 is 2.67 bits per heavy atom. The van der Waals surface area contributed by atoms with Crippen molar-refractivity contribution in [2.24, 2.45) is 11.8 Å². The molecule has 72 valence electrons. The average molecular weight is 170 g/mol. The lowest BCUT2D eigenvalue weighted by Crippen LogP contribution is -2.22. The fourth-order valence-corrected chi connectivity index (χ4v) is 2.37. The Bertz CT molecular complexity index is 122. The number of hydrogen-bond acceptors (Lipinski definition) is 1. The maximum absolute atomic E-state index is 9.85. The van der Waals surface area contributed by atoms with Gasteiger partial charge in [-0.2, -0.15) is 0 Å². The van der Waals surface area contributed by atoms with E-state index in [0.717, 1.165) is 12.3 Å². The molecule has 1 N–H and O–H groups in total. The molecule has 0 amide bonds. The van der Waals surface area contributed by atoms with Gasteiger partial charge >= 0.3 is 0 Å².